The molecule has 5 heteroatoms. The number of para-hydroxylation sites is 1. The summed E-state index contributed by atoms with van der Waals surface area (Å²) in [7, 11) is 1.91. The lowest BCUT2D eigenvalue weighted by molar-refractivity contribution is 0.102. The van der Waals surface area contributed by atoms with Crippen LogP contribution in [0.3, 0.4) is 0 Å². The zero-order valence-electron chi connectivity index (χ0n) is 14.5. The summed E-state index contributed by atoms with van der Waals surface area (Å²) in [6, 6.07) is 18.7. The van der Waals surface area contributed by atoms with E-state index in [0.717, 1.165) is 22.8 Å². The third-order valence-corrected chi connectivity index (χ3v) is 3.82. The fourth-order valence-corrected chi connectivity index (χ4v) is 2.53. The van der Waals surface area contributed by atoms with Gasteiger partial charge in [0.1, 0.15) is 0 Å². The standard InChI is InChI=1S/C20H20N4O/c1-14-13-15(2)22-20(21-14)24(3)18-11-9-16(10-12-18)19(25)23-17-7-5-4-6-8-17/h4-13H,1-3H3,(H,23,25). The van der Waals surface area contributed by atoms with Crippen LogP contribution in [0, 0.1) is 13.8 Å². The second kappa shape index (κ2) is 7.13. The van der Waals surface area contributed by atoms with Gasteiger partial charge in [0.15, 0.2) is 0 Å². The summed E-state index contributed by atoms with van der Waals surface area (Å²) in [6.45, 7) is 3.89. The van der Waals surface area contributed by atoms with E-state index < -0.39 is 0 Å². The number of aryl methyl sites for hydroxylation is 2. The molecule has 0 atom stereocenters. The van der Waals surface area contributed by atoms with Crippen LogP contribution in [0.5, 0.6) is 0 Å². The molecule has 3 rings (SSSR count). The van der Waals surface area contributed by atoms with Gasteiger partial charge in [-0.15, -0.1) is 0 Å². The van der Waals surface area contributed by atoms with E-state index in [0.29, 0.717) is 11.5 Å². The first-order chi connectivity index (χ1) is 12.0. The van der Waals surface area contributed by atoms with Gasteiger partial charge in [-0.25, -0.2) is 9.97 Å². The fraction of sp³-hybridized carbons (Fsp3) is 0.150. The Morgan fingerprint density at radius 2 is 1.52 bits per heavy atom. The van der Waals surface area contributed by atoms with E-state index >= 15 is 0 Å². The van der Waals surface area contributed by atoms with E-state index in [-0.39, 0.29) is 5.91 Å². The third kappa shape index (κ3) is 4.01. The minimum atomic E-state index is -0.136. The van der Waals surface area contributed by atoms with Crippen LogP contribution >= 0.6 is 0 Å². The zero-order chi connectivity index (χ0) is 17.8. The van der Waals surface area contributed by atoms with Crippen molar-refractivity contribution >= 4 is 23.2 Å². The maximum Gasteiger partial charge on any atom is 0.255 e. The molecular formula is C20H20N4O. The van der Waals surface area contributed by atoms with Gasteiger partial charge in [-0.2, -0.15) is 0 Å². The zero-order valence-corrected chi connectivity index (χ0v) is 14.5. The number of nitrogens with one attached hydrogen (secondary N) is 1. The topological polar surface area (TPSA) is 58.1 Å². The summed E-state index contributed by atoms with van der Waals surface area (Å²) in [5.74, 6) is 0.502. The highest BCUT2D eigenvalue weighted by Gasteiger charge is 2.10. The second-order valence-electron chi connectivity index (χ2n) is 5.88. The van der Waals surface area contributed by atoms with E-state index in [1.807, 2.05) is 74.3 Å². The summed E-state index contributed by atoms with van der Waals surface area (Å²) >= 11 is 0. The number of benzene rings is 2. The molecule has 0 saturated heterocycles. The van der Waals surface area contributed by atoms with Crippen LogP contribution in [0.4, 0.5) is 17.3 Å². The van der Waals surface area contributed by atoms with Gasteiger partial charge in [0.25, 0.3) is 5.91 Å². The average Bonchev–Trinajstić information content (AvgIpc) is 2.61. The Morgan fingerprint density at radius 1 is 0.920 bits per heavy atom. The number of carbonyl (C=O) groups excluding carboxylic acids is 1. The molecule has 126 valence electrons. The molecule has 2 aromatic carbocycles. The molecule has 0 saturated carbocycles. The van der Waals surface area contributed by atoms with E-state index in [1.54, 1.807) is 12.1 Å². The normalized spacial score (nSPS) is 10.4. The molecule has 0 aliphatic heterocycles. The number of hydrogen-bond donors (Lipinski definition) is 1. The molecule has 0 aliphatic rings. The third-order valence-electron chi connectivity index (χ3n) is 3.82. The Kier molecular flexibility index (Phi) is 4.75. The van der Waals surface area contributed by atoms with Crippen molar-refractivity contribution in [2.45, 2.75) is 13.8 Å². The minimum Gasteiger partial charge on any atom is -0.322 e. The highest BCUT2D eigenvalue weighted by atomic mass is 16.1. The first kappa shape index (κ1) is 16.6. The molecule has 1 amide bonds. The molecule has 0 unspecified atom stereocenters. The number of rotatable bonds is 4. The Balaban J connectivity index is 1.76. The van der Waals surface area contributed by atoms with Crippen molar-refractivity contribution in [1.29, 1.82) is 0 Å². The van der Waals surface area contributed by atoms with Crippen LogP contribution in [0.15, 0.2) is 60.7 Å². The highest BCUT2D eigenvalue weighted by Crippen LogP contribution is 2.21. The van der Waals surface area contributed by atoms with Crippen LogP contribution in [0.2, 0.25) is 0 Å². The SMILES string of the molecule is Cc1cc(C)nc(N(C)c2ccc(C(=O)Nc3ccccc3)cc2)n1. The van der Waals surface area contributed by atoms with Crippen molar-refractivity contribution in [1.82, 2.24) is 9.97 Å². The predicted octanol–water partition coefficient (Wildman–Crippen LogP) is 4.11. The van der Waals surface area contributed by atoms with Crippen LogP contribution in [-0.2, 0) is 0 Å². The van der Waals surface area contributed by atoms with Gasteiger partial charge in [-0.1, -0.05) is 18.2 Å². The Morgan fingerprint density at radius 3 is 2.12 bits per heavy atom. The molecule has 0 fully saturated rings. The quantitative estimate of drug-likeness (QED) is 0.781. The average molecular weight is 332 g/mol. The van der Waals surface area contributed by atoms with Gasteiger partial charge in [0.2, 0.25) is 5.95 Å². The lowest BCUT2D eigenvalue weighted by Gasteiger charge is -2.18. The van der Waals surface area contributed by atoms with Crippen molar-refractivity contribution < 1.29 is 4.79 Å². The molecule has 1 heterocycles. The van der Waals surface area contributed by atoms with Crippen molar-refractivity contribution in [2.75, 3.05) is 17.3 Å². The van der Waals surface area contributed by atoms with E-state index in [1.165, 1.54) is 0 Å². The maximum atomic E-state index is 12.3. The minimum absolute atomic E-state index is 0.136. The van der Waals surface area contributed by atoms with Crippen molar-refractivity contribution in [3.05, 3.63) is 77.6 Å². The van der Waals surface area contributed by atoms with E-state index in [2.05, 4.69) is 15.3 Å². The van der Waals surface area contributed by atoms with E-state index in [9.17, 15) is 4.79 Å². The number of aromatic nitrogens is 2. The van der Waals surface area contributed by atoms with Gasteiger partial charge < -0.3 is 10.2 Å². The Labute approximate surface area is 147 Å². The van der Waals surface area contributed by atoms with Crippen LogP contribution in [0.1, 0.15) is 21.7 Å². The summed E-state index contributed by atoms with van der Waals surface area (Å²) in [6.07, 6.45) is 0. The lowest BCUT2D eigenvalue weighted by Crippen LogP contribution is -2.15. The number of amides is 1. The number of carbonyl (C=O) groups is 1. The molecule has 0 bridgehead atoms. The summed E-state index contributed by atoms with van der Waals surface area (Å²) in [5, 5.41) is 2.88. The van der Waals surface area contributed by atoms with Crippen LogP contribution in [-0.4, -0.2) is 22.9 Å². The molecular weight excluding hydrogens is 312 g/mol. The van der Waals surface area contributed by atoms with Crippen LogP contribution in [0.25, 0.3) is 0 Å². The first-order valence-electron chi connectivity index (χ1n) is 8.05. The lowest BCUT2D eigenvalue weighted by atomic mass is 10.2. The molecule has 25 heavy (non-hydrogen) atoms. The first-order valence-corrected chi connectivity index (χ1v) is 8.05. The van der Waals surface area contributed by atoms with Crippen molar-refractivity contribution in [3.8, 4) is 0 Å². The van der Waals surface area contributed by atoms with Crippen molar-refractivity contribution in [2.24, 2.45) is 0 Å². The smallest absolute Gasteiger partial charge is 0.255 e. The maximum absolute atomic E-state index is 12.3. The second-order valence-corrected chi connectivity index (χ2v) is 5.88. The van der Waals surface area contributed by atoms with Gasteiger partial charge in [0.05, 0.1) is 0 Å². The molecule has 1 aromatic heterocycles. The summed E-state index contributed by atoms with van der Waals surface area (Å²) in [4.78, 5) is 23.1. The number of anilines is 3. The van der Waals surface area contributed by atoms with E-state index in [4.69, 9.17) is 0 Å². The molecule has 1 N–H and O–H groups in total. The number of nitrogens with zero attached hydrogens (tertiary/aromatic N) is 3. The van der Waals surface area contributed by atoms with Gasteiger partial charge in [0, 0.05) is 35.4 Å². The monoisotopic (exact) mass is 332 g/mol. The Hall–Kier alpha value is -3.21. The van der Waals surface area contributed by atoms with Crippen molar-refractivity contribution in [3.63, 3.8) is 0 Å². The van der Waals surface area contributed by atoms with Gasteiger partial charge >= 0.3 is 0 Å². The Bertz CT molecular complexity index is 856. The molecule has 0 spiro atoms. The summed E-state index contributed by atoms with van der Waals surface area (Å²) < 4.78 is 0. The molecule has 0 aliphatic carbocycles. The molecule has 0 radical (unpaired) electrons. The summed E-state index contributed by atoms with van der Waals surface area (Å²) in [5.41, 5.74) is 4.14. The number of hydrogen-bond acceptors (Lipinski definition) is 4. The van der Waals surface area contributed by atoms with Gasteiger partial charge in [-0.05, 0) is 56.3 Å². The highest BCUT2D eigenvalue weighted by molar-refractivity contribution is 6.04. The fourth-order valence-electron chi connectivity index (χ4n) is 2.53. The molecule has 3 aromatic rings. The van der Waals surface area contributed by atoms with Crippen LogP contribution < -0.4 is 10.2 Å². The predicted molar refractivity (Wildman–Crippen MR) is 100 cm³/mol. The van der Waals surface area contributed by atoms with Gasteiger partial charge in [-0.3, -0.25) is 4.79 Å². The largest absolute Gasteiger partial charge is 0.322 e. The molecule has 5 nitrogen and oxygen atoms in total.